The fourth-order valence-electron chi connectivity index (χ4n) is 1.02. The first-order valence-electron chi connectivity index (χ1n) is 3.97. The monoisotopic (exact) mass is 258 g/mol. The number of rotatable bonds is 4. The molecular formula is C10H11BrOS. The van der Waals surface area contributed by atoms with Crippen molar-refractivity contribution < 1.29 is 4.79 Å². The minimum Gasteiger partial charge on any atom is -0.298 e. The summed E-state index contributed by atoms with van der Waals surface area (Å²) in [6.07, 6.45) is 2.57. The van der Waals surface area contributed by atoms with Gasteiger partial charge in [-0.15, -0.1) is 11.8 Å². The summed E-state index contributed by atoms with van der Waals surface area (Å²) in [6.45, 7) is 0. The van der Waals surface area contributed by atoms with Gasteiger partial charge in [0.15, 0.2) is 0 Å². The molecule has 0 radical (unpaired) electrons. The molecule has 0 aliphatic heterocycles. The molecule has 3 heteroatoms. The van der Waals surface area contributed by atoms with Crippen molar-refractivity contribution in [2.45, 2.75) is 11.3 Å². The molecule has 0 atom stereocenters. The van der Waals surface area contributed by atoms with Gasteiger partial charge in [-0.1, -0.05) is 28.1 Å². The average Bonchev–Trinajstić information content (AvgIpc) is 2.19. The first kappa shape index (κ1) is 10.8. The number of hydrogen-bond donors (Lipinski definition) is 0. The van der Waals surface area contributed by atoms with E-state index in [9.17, 15) is 4.79 Å². The van der Waals surface area contributed by atoms with Crippen LogP contribution in [0, 0.1) is 0 Å². The number of halogens is 1. The normalized spacial score (nSPS) is 10.0. The summed E-state index contributed by atoms with van der Waals surface area (Å²) in [4.78, 5) is 12.3. The van der Waals surface area contributed by atoms with Crippen LogP contribution >= 0.6 is 27.7 Å². The predicted octanol–water partition coefficient (Wildman–Crippen LogP) is 2.92. The van der Waals surface area contributed by atoms with Crippen LogP contribution in [0.1, 0.15) is 5.56 Å². The van der Waals surface area contributed by atoms with Gasteiger partial charge >= 0.3 is 0 Å². The maximum atomic E-state index is 11.1. The van der Waals surface area contributed by atoms with Gasteiger partial charge in [0.25, 0.3) is 0 Å². The molecular weight excluding hydrogens is 248 g/mol. The number of thioether (sulfide) groups is 1. The van der Waals surface area contributed by atoms with E-state index in [-0.39, 0.29) is 5.78 Å². The summed E-state index contributed by atoms with van der Waals surface area (Å²) in [7, 11) is 0. The smallest absolute Gasteiger partial charge is 0.147 e. The van der Waals surface area contributed by atoms with E-state index in [1.807, 2.05) is 30.5 Å². The highest BCUT2D eigenvalue weighted by Gasteiger charge is 2.00. The maximum Gasteiger partial charge on any atom is 0.147 e. The molecule has 1 aromatic carbocycles. The van der Waals surface area contributed by atoms with Crippen LogP contribution in [0.2, 0.25) is 0 Å². The standard InChI is InChI=1S/C10H11BrOS/c1-13-10-4-2-8(3-5-10)6-9(12)7-11/h2-5H,6-7H2,1H3. The Bertz CT molecular complexity index is 281. The highest BCUT2D eigenvalue weighted by Crippen LogP contribution is 2.15. The summed E-state index contributed by atoms with van der Waals surface area (Å²) in [6, 6.07) is 8.10. The topological polar surface area (TPSA) is 17.1 Å². The van der Waals surface area contributed by atoms with Crippen LogP contribution in [0.4, 0.5) is 0 Å². The van der Waals surface area contributed by atoms with Crippen LogP contribution in [-0.2, 0) is 11.2 Å². The van der Waals surface area contributed by atoms with Crippen LogP contribution in [0.3, 0.4) is 0 Å². The zero-order valence-electron chi connectivity index (χ0n) is 7.42. The second kappa shape index (κ2) is 5.45. The molecule has 1 nitrogen and oxygen atoms in total. The summed E-state index contributed by atoms with van der Waals surface area (Å²) in [5, 5.41) is 0.442. The summed E-state index contributed by atoms with van der Waals surface area (Å²) < 4.78 is 0. The summed E-state index contributed by atoms with van der Waals surface area (Å²) >= 11 is 4.85. The molecule has 0 amide bonds. The van der Waals surface area contributed by atoms with Crippen molar-refractivity contribution >= 4 is 33.5 Å². The third kappa shape index (κ3) is 3.53. The molecule has 0 spiro atoms. The van der Waals surface area contributed by atoms with Crippen molar-refractivity contribution in [3.05, 3.63) is 29.8 Å². The fraction of sp³-hybridized carbons (Fsp3) is 0.300. The molecule has 1 aromatic rings. The maximum absolute atomic E-state index is 11.1. The Morgan fingerprint density at radius 3 is 2.46 bits per heavy atom. The Labute approximate surface area is 91.0 Å². The third-order valence-electron chi connectivity index (χ3n) is 1.71. The third-order valence-corrected chi connectivity index (χ3v) is 3.08. The Kier molecular flexibility index (Phi) is 4.53. The molecule has 0 N–H and O–H groups in total. The molecule has 70 valence electrons. The van der Waals surface area contributed by atoms with Gasteiger partial charge in [0.1, 0.15) is 5.78 Å². The largest absolute Gasteiger partial charge is 0.298 e. The lowest BCUT2D eigenvalue weighted by atomic mass is 10.1. The van der Waals surface area contributed by atoms with E-state index in [0.717, 1.165) is 5.56 Å². The minimum atomic E-state index is 0.219. The Morgan fingerprint density at radius 2 is 2.00 bits per heavy atom. The lowest BCUT2D eigenvalue weighted by Crippen LogP contribution is -2.02. The second-order valence-electron chi connectivity index (χ2n) is 2.70. The highest BCUT2D eigenvalue weighted by molar-refractivity contribution is 9.09. The SMILES string of the molecule is CSc1ccc(CC(=O)CBr)cc1. The van der Waals surface area contributed by atoms with Gasteiger partial charge < -0.3 is 0 Å². The van der Waals surface area contributed by atoms with Gasteiger partial charge in [-0.3, -0.25) is 4.79 Å². The molecule has 0 saturated heterocycles. The van der Waals surface area contributed by atoms with Gasteiger partial charge in [0, 0.05) is 11.3 Å². The zero-order chi connectivity index (χ0) is 9.68. The molecule has 0 unspecified atom stereocenters. The molecule has 0 aliphatic rings. The molecule has 1 rings (SSSR count). The zero-order valence-corrected chi connectivity index (χ0v) is 9.82. The van der Waals surface area contributed by atoms with Gasteiger partial charge in [-0.25, -0.2) is 0 Å². The van der Waals surface area contributed by atoms with Crippen molar-refractivity contribution in [3.8, 4) is 0 Å². The van der Waals surface area contributed by atoms with Gasteiger partial charge in [-0.05, 0) is 24.0 Å². The van der Waals surface area contributed by atoms with Gasteiger partial charge in [0.2, 0.25) is 0 Å². The van der Waals surface area contributed by atoms with Crippen LogP contribution in [-0.4, -0.2) is 17.4 Å². The molecule has 13 heavy (non-hydrogen) atoms. The van der Waals surface area contributed by atoms with Crippen molar-refractivity contribution in [2.24, 2.45) is 0 Å². The number of alkyl halides is 1. The Hall–Kier alpha value is -0.280. The second-order valence-corrected chi connectivity index (χ2v) is 4.14. The highest BCUT2D eigenvalue weighted by atomic mass is 79.9. The quantitative estimate of drug-likeness (QED) is 0.611. The average molecular weight is 259 g/mol. The predicted molar refractivity (Wildman–Crippen MR) is 60.7 cm³/mol. The van der Waals surface area contributed by atoms with Gasteiger partial charge in [0.05, 0.1) is 5.33 Å². The molecule has 0 aromatic heterocycles. The lowest BCUT2D eigenvalue weighted by Gasteiger charge is -1.99. The fourth-order valence-corrected chi connectivity index (χ4v) is 1.62. The first-order valence-corrected chi connectivity index (χ1v) is 6.31. The molecule has 0 heterocycles. The van der Waals surface area contributed by atoms with E-state index < -0.39 is 0 Å². The number of ketones is 1. The molecule has 0 bridgehead atoms. The van der Waals surface area contributed by atoms with Crippen molar-refractivity contribution in [1.29, 1.82) is 0 Å². The van der Waals surface area contributed by atoms with E-state index in [1.54, 1.807) is 11.8 Å². The van der Waals surface area contributed by atoms with Crippen molar-refractivity contribution in [1.82, 2.24) is 0 Å². The number of carbonyl (C=O) groups excluding carboxylic acids is 1. The van der Waals surface area contributed by atoms with Crippen molar-refractivity contribution in [2.75, 3.05) is 11.6 Å². The van der Waals surface area contributed by atoms with E-state index in [4.69, 9.17) is 0 Å². The van der Waals surface area contributed by atoms with Gasteiger partial charge in [-0.2, -0.15) is 0 Å². The van der Waals surface area contributed by atoms with Crippen LogP contribution in [0.15, 0.2) is 29.2 Å². The van der Waals surface area contributed by atoms with Crippen LogP contribution in [0.25, 0.3) is 0 Å². The first-order chi connectivity index (χ1) is 6.26. The number of hydrogen-bond acceptors (Lipinski definition) is 2. The molecule has 0 fully saturated rings. The van der Waals surface area contributed by atoms with Crippen molar-refractivity contribution in [3.63, 3.8) is 0 Å². The lowest BCUT2D eigenvalue weighted by molar-refractivity contribution is -0.115. The van der Waals surface area contributed by atoms with E-state index >= 15 is 0 Å². The number of carbonyl (C=O) groups is 1. The molecule has 0 saturated carbocycles. The number of benzene rings is 1. The molecule has 0 aliphatic carbocycles. The summed E-state index contributed by atoms with van der Waals surface area (Å²) in [5.41, 5.74) is 1.09. The summed E-state index contributed by atoms with van der Waals surface area (Å²) in [5.74, 6) is 0.219. The number of Topliss-reactive ketones (excluding diaryl/α,β-unsaturated/α-hetero) is 1. The Morgan fingerprint density at radius 1 is 1.38 bits per heavy atom. The van der Waals surface area contributed by atoms with Crippen LogP contribution in [0.5, 0.6) is 0 Å². The Balaban J connectivity index is 2.64. The van der Waals surface area contributed by atoms with Crippen LogP contribution < -0.4 is 0 Å². The van der Waals surface area contributed by atoms with E-state index in [1.165, 1.54) is 4.90 Å². The van der Waals surface area contributed by atoms with E-state index in [2.05, 4.69) is 15.9 Å². The minimum absolute atomic E-state index is 0.219. The van der Waals surface area contributed by atoms with E-state index in [0.29, 0.717) is 11.8 Å².